The number of nitrogens with one attached hydrogen (secondary N) is 1. The zero-order chi connectivity index (χ0) is 18.9. The number of aromatic nitrogens is 2. The summed E-state index contributed by atoms with van der Waals surface area (Å²) in [5, 5.41) is 4.56. The number of hydrogen-bond acceptors (Lipinski definition) is 3. The summed E-state index contributed by atoms with van der Waals surface area (Å²) in [6, 6.07) is 15.0. The third-order valence-corrected chi connectivity index (χ3v) is 6.07. The minimum Gasteiger partial charge on any atom is -0.238 e. The molecule has 0 unspecified atom stereocenters. The molecule has 0 radical (unpaired) electrons. The number of aryl methyl sites for hydroxylation is 3. The minimum atomic E-state index is -3.57. The summed E-state index contributed by atoms with van der Waals surface area (Å²) in [6.45, 7) is 7.93. The van der Waals surface area contributed by atoms with Gasteiger partial charge in [0.05, 0.1) is 16.3 Å². The van der Waals surface area contributed by atoms with Gasteiger partial charge in [0, 0.05) is 17.8 Å². The molecule has 136 valence electrons. The Kier molecular flexibility index (Phi) is 4.98. The van der Waals surface area contributed by atoms with Crippen LogP contribution in [0.5, 0.6) is 0 Å². The van der Waals surface area contributed by atoms with Crippen LogP contribution in [0, 0.1) is 27.7 Å². The van der Waals surface area contributed by atoms with E-state index in [0.29, 0.717) is 0 Å². The number of sulfonamides is 1. The Morgan fingerprint density at radius 2 is 1.65 bits per heavy atom. The highest BCUT2D eigenvalue weighted by Gasteiger charge is 2.18. The zero-order valence-corrected chi connectivity index (χ0v) is 16.3. The first kappa shape index (κ1) is 18.4. The summed E-state index contributed by atoms with van der Waals surface area (Å²) < 4.78 is 29.8. The molecule has 1 heterocycles. The molecular weight excluding hydrogens is 346 g/mol. The lowest BCUT2D eigenvalue weighted by molar-refractivity contribution is 0.581. The summed E-state index contributed by atoms with van der Waals surface area (Å²) in [4.78, 5) is 0.284. The molecule has 1 aromatic heterocycles. The zero-order valence-electron chi connectivity index (χ0n) is 15.4. The highest BCUT2D eigenvalue weighted by Crippen LogP contribution is 2.19. The molecule has 5 nitrogen and oxygen atoms in total. The summed E-state index contributed by atoms with van der Waals surface area (Å²) in [6.07, 6.45) is 0. The number of hydrogen-bond donors (Lipinski definition) is 1. The van der Waals surface area contributed by atoms with Gasteiger partial charge in [-0.3, -0.25) is 0 Å². The maximum Gasteiger partial charge on any atom is 0.240 e. The fraction of sp³-hybridized carbons (Fsp3) is 0.250. The Morgan fingerprint density at radius 3 is 2.31 bits per heavy atom. The van der Waals surface area contributed by atoms with E-state index < -0.39 is 10.0 Å². The summed E-state index contributed by atoms with van der Waals surface area (Å²) in [5.74, 6) is 0. The molecule has 0 saturated heterocycles. The van der Waals surface area contributed by atoms with E-state index in [0.717, 1.165) is 33.8 Å². The van der Waals surface area contributed by atoms with Crippen LogP contribution in [0.2, 0.25) is 0 Å². The monoisotopic (exact) mass is 369 g/mol. The van der Waals surface area contributed by atoms with Gasteiger partial charge in [0.2, 0.25) is 10.0 Å². The maximum atomic E-state index is 12.6. The number of para-hydroxylation sites is 1. The van der Waals surface area contributed by atoms with Crippen LogP contribution in [-0.4, -0.2) is 18.2 Å². The predicted octanol–water partition coefficient (Wildman–Crippen LogP) is 3.58. The second kappa shape index (κ2) is 7.05. The molecule has 26 heavy (non-hydrogen) atoms. The van der Waals surface area contributed by atoms with E-state index in [1.807, 2.05) is 68.8 Å². The molecule has 0 atom stereocenters. The van der Waals surface area contributed by atoms with Crippen molar-refractivity contribution < 1.29 is 8.42 Å². The van der Waals surface area contributed by atoms with Crippen molar-refractivity contribution in [3.63, 3.8) is 0 Å². The van der Waals surface area contributed by atoms with E-state index in [1.54, 1.807) is 12.1 Å². The summed E-state index contributed by atoms with van der Waals surface area (Å²) in [5.41, 5.74) is 5.61. The topological polar surface area (TPSA) is 64.0 Å². The standard InChI is InChI=1S/C20H23N3O2S/c1-14-10-11-19(12-15(14)2)26(24,25)21-13-20-16(3)22-23(17(20)4)18-8-6-5-7-9-18/h5-12,21H,13H2,1-4H3. The molecule has 3 rings (SSSR count). The SMILES string of the molecule is Cc1ccc(S(=O)(=O)NCc2c(C)nn(-c3ccccc3)c2C)cc1C. The second-order valence-corrected chi connectivity index (χ2v) is 8.23. The fourth-order valence-corrected chi connectivity index (χ4v) is 3.96. The fourth-order valence-electron chi connectivity index (χ4n) is 2.88. The quantitative estimate of drug-likeness (QED) is 0.748. The first-order chi connectivity index (χ1) is 12.3. The highest BCUT2D eigenvalue weighted by atomic mass is 32.2. The van der Waals surface area contributed by atoms with Crippen molar-refractivity contribution in [2.45, 2.75) is 39.1 Å². The molecule has 2 aromatic carbocycles. The predicted molar refractivity (Wildman–Crippen MR) is 103 cm³/mol. The van der Waals surface area contributed by atoms with Crippen LogP contribution >= 0.6 is 0 Å². The van der Waals surface area contributed by atoms with Gasteiger partial charge < -0.3 is 0 Å². The smallest absolute Gasteiger partial charge is 0.238 e. The van der Waals surface area contributed by atoms with Crippen molar-refractivity contribution in [1.29, 1.82) is 0 Å². The number of nitrogens with zero attached hydrogens (tertiary/aromatic N) is 2. The van der Waals surface area contributed by atoms with Crippen LogP contribution in [0.4, 0.5) is 0 Å². The van der Waals surface area contributed by atoms with Gasteiger partial charge in [-0.05, 0) is 63.1 Å². The molecule has 6 heteroatoms. The Hall–Kier alpha value is -2.44. The summed E-state index contributed by atoms with van der Waals surface area (Å²) >= 11 is 0. The van der Waals surface area contributed by atoms with Crippen molar-refractivity contribution in [2.24, 2.45) is 0 Å². The lowest BCUT2D eigenvalue weighted by Crippen LogP contribution is -2.24. The molecule has 0 bridgehead atoms. The first-order valence-electron chi connectivity index (χ1n) is 8.47. The molecule has 0 saturated carbocycles. The van der Waals surface area contributed by atoms with Gasteiger partial charge >= 0.3 is 0 Å². The average Bonchev–Trinajstić information content (AvgIpc) is 2.90. The van der Waals surface area contributed by atoms with Crippen LogP contribution < -0.4 is 4.72 Å². The van der Waals surface area contributed by atoms with Gasteiger partial charge in [-0.25, -0.2) is 17.8 Å². The minimum absolute atomic E-state index is 0.208. The molecule has 0 aliphatic carbocycles. The van der Waals surface area contributed by atoms with Crippen LogP contribution in [0.1, 0.15) is 28.1 Å². The molecular formula is C20H23N3O2S. The third-order valence-electron chi connectivity index (χ3n) is 4.67. The average molecular weight is 369 g/mol. The van der Waals surface area contributed by atoms with Crippen molar-refractivity contribution in [3.05, 3.63) is 76.6 Å². The number of benzene rings is 2. The molecule has 0 aliphatic heterocycles. The Morgan fingerprint density at radius 1 is 0.962 bits per heavy atom. The normalized spacial score (nSPS) is 11.7. The molecule has 1 N–H and O–H groups in total. The van der Waals surface area contributed by atoms with Gasteiger partial charge in [-0.2, -0.15) is 5.10 Å². The van der Waals surface area contributed by atoms with Crippen LogP contribution in [-0.2, 0) is 16.6 Å². The Bertz CT molecular complexity index is 1040. The van der Waals surface area contributed by atoms with Crippen LogP contribution in [0.3, 0.4) is 0 Å². The van der Waals surface area contributed by atoms with Crippen LogP contribution in [0.15, 0.2) is 53.4 Å². The largest absolute Gasteiger partial charge is 0.240 e. The number of rotatable bonds is 5. The highest BCUT2D eigenvalue weighted by molar-refractivity contribution is 7.89. The Balaban J connectivity index is 1.86. The van der Waals surface area contributed by atoms with E-state index in [4.69, 9.17) is 0 Å². The van der Waals surface area contributed by atoms with Gasteiger partial charge in [0.15, 0.2) is 0 Å². The van der Waals surface area contributed by atoms with E-state index in [-0.39, 0.29) is 11.4 Å². The van der Waals surface area contributed by atoms with Crippen LogP contribution in [0.25, 0.3) is 5.69 Å². The van der Waals surface area contributed by atoms with E-state index in [9.17, 15) is 8.42 Å². The van der Waals surface area contributed by atoms with Crippen molar-refractivity contribution in [1.82, 2.24) is 14.5 Å². The van der Waals surface area contributed by atoms with E-state index in [1.165, 1.54) is 0 Å². The van der Waals surface area contributed by atoms with Crippen molar-refractivity contribution >= 4 is 10.0 Å². The van der Waals surface area contributed by atoms with Gasteiger partial charge in [0.25, 0.3) is 0 Å². The van der Waals surface area contributed by atoms with Gasteiger partial charge in [-0.15, -0.1) is 0 Å². The third kappa shape index (κ3) is 3.57. The molecule has 0 spiro atoms. The lowest BCUT2D eigenvalue weighted by atomic mass is 10.1. The molecule has 0 amide bonds. The first-order valence-corrected chi connectivity index (χ1v) is 9.95. The summed E-state index contributed by atoms with van der Waals surface area (Å²) in [7, 11) is -3.57. The molecule has 0 aliphatic rings. The van der Waals surface area contributed by atoms with Crippen molar-refractivity contribution in [2.75, 3.05) is 0 Å². The van der Waals surface area contributed by atoms with Gasteiger partial charge in [0.1, 0.15) is 0 Å². The Labute approximate surface area is 154 Å². The van der Waals surface area contributed by atoms with E-state index >= 15 is 0 Å². The molecule has 0 fully saturated rings. The lowest BCUT2D eigenvalue weighted by Gasteiger charge is -2.09. The maximum absolute atomic E-state index is 12.6. The van der Waals surface area contributed by atoms with E-state index in [2.05, 4.69) is 9.82 Å². The van der Waals surface area contributed by atoms with Crippen molar-refractivity contribution in [3.8, 4) is 5.69 Å². The second-order valence-electron chi connectivity index (χ2n) is 6.47. The molecule has 3 aromatic rings. The van der Waals surface area contributed by atoms with Gasteiger partial charge in [-0.1, -0.05) is 24.3 Å².